The molecule has 1 heterocycles. The molecule has 108 valence electrons. The summed E-state index contributed by atoms with van der Waals surface area (Å²) in [6, 6.07) is 10.00. The molecule has 0 fully saturated rings. The fraction of sp³-hybridized carbons (Fsp3) is 0.286. The third-order valence-electron chi connectivity index (χ3n) is 3.42. The van der Waals surface area contributed by atoms with Gasteiger partial charge < -0.3 is 9.52 Å². The van der Waals surface area contributed by atoms with Crippen molar-refractivity contribution in [2.75, 3.05) is 6.61 Å². The van der Waals surface area contributed by atoms with Crippen molar-refractivity contribution in [1.82, 2.24) is 0 Å². The highest BCUT2D eigenvalue weighted by molar-refractivity contribution is 7.89. The number of aliphatic hydroxyl groups excluding tert-OH is 1. The molecule has 0 saturated carbocycles. The lowest BCUT2D eigenvalue weighted by atomic mass is 9.86. The molecule has 0 bridgehead atoms. The van der Waals surface area contributed by atoms with Gasteiger partial charge in [0.15, 0.2) is 0 Å². The van der Waals surface area contributed by atoms with E-state index in [1.807, 2.05) is 6.92 Å². The standard InChI is InChI=1S/C14H17NO4S/c1-10(13-6-4-8-19-13)12(9-16)11-5-2-3-7-14(11)20(15,17)18/h2-8,10,12,16H,9H2,1H3,(H2,15,17,18)/t10-,12+/m1/s1. The van der Waals surface area contributed by atoms with Crippen LogP contribution in [0.25, 0.3) is 0 Å². The second-order valence-corrected chi connectivity index (χ2v) is 6.21. The number of rotatable bonds is 5. The summed E-state index contributed by atoms with van der Waals surface area (Å²) in [5.41, 5.74) is 0.501. The van der Waals surface area contributed by atoms with Crippen molar-refractivity contribution in [2.24, 2.45) is 5.14 Å². The Kier molecular flexibility index (Phi) is 4.27. The van der Waals surface area contributed by atoms with Gasteiger partial charge in [0.1, 0.15) is 5.76 Å². The van der Waals surface area contributed by atoms with Gasteiger partial charge in [0, 0.05) is 11.8 Å². The van der Waals surface area contributed by atoms with Gasteiger partial charge in [-0.25, -0.2) is 13.6 Å². The zero-order valence-electron chi connectivity index (χ0n) is 11.1. The van der Waals surface area contributed by atoms with Crippen molar-refractivity contribution in [3.8, 4) is 0 Å². The number of furan rings is 1. The highest BCUT2D eigenvalue weighted by Gasteiger charge is 2.27. The average Bonchev–Trinajstić information content (AvgIpc) is 2.92. The van der Waals surface area contributed by atoms with Crippen LogP contribution in [0.5, 0.6) is 0 Å². The van der Waals surface area contributed by atoms with Crippen LogP contribution in [0.1, 0.15) is 30.1 Å². The lowest BCUT2D eigenvalue weighted by Gasteiger charge is -2.22. The quantitative estimate of drug-likeness (QED) is 0.879. The third-order valence-corrected chi connectivity index (χ3v) is 4.40. The normalized spacial score (nSPS) is 14.9. The fourth-order valence-corrected chi connectivity index (χ4v) is 3.14. The van der Waals surface area contributed by atoms with Gasteiger partial charge in [-0.05, 0) is 23.8 Å². The van der Waals surface area contributed by atoms with Gasteiger partial charge in [0.25, 0.3) is 0 Å². The highest BCUT2D eigenvalue weighted by Crippen LogP contribution is 2.35. The van der Waals surface area contributed by atoms with Crippen LogP contribution in [0, 0.1) is 0 Å². The monoisotopic (exact) mass is 295 g/mol. The first-order chi connectivity index (χ1) is 9.45. The number of primary sulfonamides is 1. The summed E-state index contributed by atoms with van der Waals surface area (Å²) in [5.74, 6) is 0.113. The molecule has 0 aliphatic carbocycles. The SMILES string of the molecule is C[C@@H](c1ccco1)[C@H](CO)c1ccccc1S(N)(=O)=O. The predicted octanol–water partition coefficient (Wildman–Crippen LogP) is 1.81. The van der Waals surface area contributed by atoms with E-state index >= 15 is 0 Å². The van der Waals surface area contributed by atoms with Crippen LogP contribution < -0.4 is 5.14 Å². The van der Waals surface area contributed by atoms with Crippen LogP contribution in [0.4, 0.5) is 0 Å². The molecule has 0 spiro atoms. The zero-order valence-corrected chi connectivity index (χ0v) is 11.9. The lowest BCUT2D eigenvalue weighted by molar-refractivity contribution is 0.241. The second-order valence-electron chi connectivity index (χ2n) is 4.68. The van der Waals surface area contributed by atoms with Crippen LogP contribution in [0.3, 0.4) is 0 Å². The van der Waals surface area contributed by atoms with Crippen LogP contribution >= 0.6 is 0 Å². The topological polar surface area (TPSA) is 93.5 Å². The number of benzene rings is 1. The molecular formula is C14H17NO4S. The van der Waals surface area contributed by atoms with Crippen molar-refractivity contribution < 1.29 is 17.9 Å². The minimum absolute atomic E-state index is 0.0393. The van der Waals surface area contributed by atoms with Gasteiger partial charge in [-0.3, -0.25) is 0 Å². The second kappa shape index (κ2) is 5.78. The van der Waals surface area contributed by atoms with E-state index in [2.05, 4.69) is 0 Å². The highest BCUT2D eigenvalue weighted by atomic mass is 32.2. The molecule has 1 aromatic heterocycles. The minimum atomic E-state index is -3.83. The van der Waals surface area contributed by atoms with Gasteiger partial charge in [-0.15, -0.1) is 0 Å². The molecular weight excluding hydrogens is 278 g/mol. The molecule has 0 saturated heterocycles. The number of hydrogen-bond acceptors (Lipinski definition) is 4. The maximum Gasteiger partial charge on any atom is 0.238 e. The molecule has 20 heavy (non-hydrogen) atoms. The van der Waals surface area contributed by atoms with Crippen LogP contribution in [-0.4, -0.2) is 20.1 Å². The first-order valence-electron chi connectivity index (χ1n) is 6.21. The summed E-state index contributed by atoms with van der Waals surface area (Å²) in [5, 5.41) is 14.9. The van der Waals surface area contributed by atoms with E-state index < -0.39 is 15.9 Å². The van der Waals surface area contributed by atoms with Crippen molar-refractivity contribution in [1.29, 1.82) is 0 Å². The number of hydrogen-bond donors (Lipinski definition) is 2. The van der Waals surface area contributed by atoms with Gasteiger partial charge in [0.05, 0.1) is 17.8 Å². The van der Waals surface area contributed by atoms with E-state index in [9.17, 15) is 13.5 Å². The summed E-state index contributed by atoms with van der Waals surface area (Å²) in [7, 11) is -3.83. The van der Waals surface area contributed by atoms with Gasteiger partial charge in [0.2, 0.25) is 10.0 Å². The summed E-state index contributed by atoms with van der Waals surface area (Å²) in [6.45, 7) is 1.67. The maximum absolute atomic E-state index is 11.7. The minimum Gasteiger partial charge on any atom is -0.469 e. The summed E-state index contributed by atoms with van der Waals surface area (Å²) in [4.78, 5) is 0.0393. The van der Waals surface area contributed by atoms with E-state index in [0.29, 0.717) is 11.3 Å². The van der Waals surface area contributed by atoms with E-state index in [-0.39, 0.29) is 17.4 Å². The van der Waals surface area contributed by atoms with E-state index in [4.69, 9.17) is 9.56 Å². The molecule has 0 aliphatic heterocycles. The number of aliphatic hydroxyl groups is 1. The van der Waals surface area contributed by atoms with Crippen LogP contribution in [0.15, 0.2) is 52.0 Å². The largest absolute Gasteiger partial charge is 0.469 e. The Labute approximate surface area is 118 Å². The summed E-state index contributed by atoms with van der Waals surface area (Å²) >= 11 is 0. The van der Waals surface area contributed by atoms with Crippen molar-refractivity contribution in [3.63, 3.8) is 0 Å². The third kappa shape index (κ3) is 2.92. The lowest BCUT2D eigenvalue weighted by Crippen LogP contribution is -2.19. The van der Waals surface area contributed by atoms with Gasteiger partial charge >= 0.3 is 0 Å². The first-order valence-corrected chi connectivity index (χ1v) is 7.75. The molecule has 2 rings (SSSR count). The number of nitrogens with two attached hydrogens (primary N) is 1. The summed E-state index contributed by atoms with van der Waals surface area (Å²) in [6.07, 6.45) is 1.55. The van der Waals surface area contributed by atoms with Crippen LogP contribution in [0.2, 0.25) is 0 Å². The Morgan fingerprint density at radius 1 is 1.25 bits per heavy atom. The molecule has 6 heteroatoms. The molecule has 0 amide bonds. The zero-order chi connectivity index (χ0) is 14.8. The predicted molar refractivity (Wildman–Crippen MR) is 74.8 cm³/mol. The Balaban J connectivity index is 2.48. The fourth-order valence-electron chi connectivity index (χ4n) is 2.32. The van der Waals surface area contributed by atoms with E-state index in [1.54, 1.807) is 36.6 Å². The Morgan fingerprint density at radius 3 is 2.50 bits per heavy atom. The molecule has 0 unspecified atom stereocenters. The van der Waals surface area contributed by atoms with Gasteiger partial charge in [-0.2, -0.15) is 0 Å². The van der Waals surface area contributed by atoms with Crippen LogP contribution in [-0.2, 0) is 10.0 Å². The molecule has 5 nitrogen and oxygen atoms in total. The smallest absolute Gasteiger partial charge is 0.238 e. The Morgan fingerprint density at radius 2 is 1.95 bits per heavy atom. The van der Waals surface area contributed by atoms with Crippen molar-refractivity contribution in [2.45, 2.75) is 23.7 Å². The summed E-state index contributed by atoms with van der Waals surface area (Å²) < 4.78 is 28.6. The Hall–Kier alpha value is -1.63. The Bertz CT molecular complexity index is 664. The van der Waals surface area contributed by atoms with Gasteiger partial charge in [-0.1, -0.05) is 25.1 Å². The average molecular weight is 295 g/mol. The molecule has 2 aromatic rings. The molecule has 0 aliphatic rings. The molecule has 2 atom stereocenters. The van der Waals surface area contributed by atoms with Crippen molar-refractivity contribution >= 4 is 10.0 Å². The molecule has 3 N–H and O–H groups in total. The first kappa shape index (κ1) is 14.8. The molecule has 1 aromatic carbocycles. The van der Waals surface area contributed by atoms with E-state index in [1.165, 1.54) is 6.07 Å². The van der Waals surface area contributed by atoms with Crippen molar-refractivity contribution in [3.05, 3.63) is 54.0 Å². The molecule has 0 radical (unpaired) electrons. The number of sulfonamides is 1. The maximum atomic E-state index is 11.7. The van der Waals surface area contributed by atoms with E-state index in [0.717, 1.165) is 0 Å².